The summed E-state index contributed by atoms with van der Waals surface area (Å²) >= 11 is 0. The van der Waals surface area contributed by atoms with Crippen molar-refractivity contribution < 1.29 is 41.7 Å². The van der Waals surface area contributed by atoms with E-state index >= 15 is 8.78 Å². The lowest BCUT2D eigenvalue weighted by Crippen LogP contribution is -2.49. The van der Waals surface area contributed by atoms with Gasteiger partial charge < -0.3 is 24.1 Å². The Kier molecular flexibility index (Phi) is 6.69. The van der Waals surface area contributed by atoms with Crippen molar-refractivity contribution in [2.45, 2.75) is 38.9 Å². The highest BCUT2D eigenvalue weighted by Crippen LogP contribution is 2.48. The number of nitrogens with zero attached hydrogens (tertiary/aromatic N) is 1. The molecule has 4 aromatic carbocycles. The van der Waals surface area contributed by atoms with Gasteiger partial charge in [0.25, 0.3) is 11.8 Å². The summed E-state index contributed by atoms with van der Waals surface area (Å²) in [5.74, 6) is -6.65. The quantitative estimate of drug-likeness (QED) is 0.145. The lowest BCUT2D eigenvalue weighted by atomic mass is 9.83. The third-order valence-corrected chi connectivity index (χ3v) is 9.80. The van der Waals surface area contributed by atoms with Crippen molar-refractivity contribution in [1.29, 1.82) is 0 Å². The first-order valence-electron chi connectivity index (χ1n) is 15.2. The highest BCUT2D eigenvalue weighted by molar-refractivity contribution is 6.39. The van der Waals surface area contributed by atoms with Gasteiger partial charge in [-0.05, 0) is 29.5 Å². The van der Waals surface area contributed by atoms with Gasteiger partial charge in [-0.15, -0.1) is 0 Å². The molecule has 2 aliphatic heterocycles. The van der Waals surface area contributed by atoms with E-state index in [4.69, 9.17) is 9.47 Å². The molecule has 0 bridgehead atoms. The topological polar surface area (TPSA) is 106 Å². The van der Waals surface area contributed by atoms with Gasteiger partial charge in [0.15, 0.2) is 29.5 Å². The fourth-order valence-corrected chi connectivity index (χ4v) is 7.32. The summed E-state index contributed by atoms with van der Waals surface area (Å²) in [6.07, 6.45) is -2.49. The van der Waals surface area contributed by atoms with Gasteiger partial charge in [-0.3, -0.25) is 14.9 Å². The van der Waals surface area contributed by atoms with Gasteiger partial charge in [-0.25, -0.2) is 17.6 Å². The molecule has 12 heteroatoms. The van der Waals surface area contributed by atoms with Crippen LogP contribution in [0.3, 0.4) is 0 Å². The number of benzene rings is 4. The van der Waals surface area contributed by atoms with E-state index < -0.39 is 53.5 Å². The number of aromatic nitrogens is 2. The summed E-state index contributed by atoms with van der Waals surface area (Å²) in [7, 11) is 0. The first kappa shape index (κ1) is 29.6. The summed E-state index contributed by atoms with van der Waals surface area (Å²) in [5.41, 5.74) is 1.31. The maximum absolute atomic E-state index is 15.1. The van der Waals surface area contributed by atoms with E-state index in [0.29, 0.717) is 0 Å². The zero-order valence-electron chi connectivity index (χ0n) is 25.0. The predicted octanol–water partition coefficient (Wildman–Crippen LogP) is 6.62. The third kappa shape index (κ3) is 4.24. The highest BCUT2D eigenvalue weighted by Gasteiger charge is 2.45. The number of hydrogen-bond acceptors (Lipinski definition) is 5. The van der Waals surface area contributed by atoms with E-state index in [0.717, 1.165) is 29.8 Å². The molecule has 3 N–H and O–H groups in total. The van der Waals surface area contributed by atoms with Crippen LogP contribution in [-0.2, 0) is 16.1 Å². The number of aliphatic hydroxyl groups excluding tert-OH is 1. The number of carbonyl (C=O) groups excluding carboxylic acids is 2. The van der Waals surface area contributed by atoms with Crippen LogP contribution < -0.4 is 5.32 Å². The lowest BCUT2D eigenvalue weighted by molar-refractivity contribution is -0.223. The van der Waals surface area contributed by atoms with Crippen LogP contribution in [0.15, 0.2) is 54.6 Å². The third-order valence-electron chi connectivity index (χ3n) is 9.80. The highest BCUT2D eigenvalue weighted by atomic mass is 19.2. The molecule has 1 fully saturated rings. The number of nitrogens with one attached hydrogen (secondary N) is 2. The van der Waals surface area contributed by atoms with Crippen molar-refractivity contribution >= 4 is 55.4 Å². The number of aliphatic hydroxyl groups is 1. The van der Waals surface area contributed by atoms with Crippen LogP contribution in [0, 0.1) is 35.1 Å². The van der Waals surface area contributed by atoms with Crippen molar-refractivity contribution in [1.82, 2.24) is 14.9 Å². The molecule has 0 aliphatic carbocycles. The molecule has 47 heavy (non-hydrogen) atoms. The second-order valence-corrected chi connectivity index (χ2v) is 12.3. The van der Waals surface area contributed by atoms with Crippen LogP contribution in [0.1, 0.15) is 46.4 Å². The molecule has 240 valence electrons. The molecule has 0 spiro atoms. The number of imide groups is 1. The van der Waals surface area contributed by atoms with E-state index in [2.05, 4.69) is 10.3 Å². The number of hydrogen-bond donors (Lipinski definition) is 3. The van der Waals surface area contributed by atoms with E-state index in [9.17, 15) is 23.5 Å². The second-order valence-electron chi connectivity index (χ2n) is 12.3. The number of amides is 2. The molecule has 1 saturated heterocycles. The largest absolute Gasteiger partial charge is 0.394 e. The minimum Gasteiger partial charge on any atom is -0.394 e. The Balaban J connectivity index is 1.51. The Morgan fingerprint density at radius 1 is 0.851 bits per heavy atom. The molecular formula is C35H27F4N3O5. The number of fused-ring (bicyclic) bond motifs is 10. The number of aromatic amines is 1. The molecule has 0 radical (unpaired) electrons. The molecule has 0 saturated carbocycles. The van der Waals surface area contributed by atoms with E-state index in [1.165, 1.54) is 0 Å². The smallest absolute Gasteiger partial charge is 0.259 e. The zero-order valence-corrected chi connectivity index (χ0v) is 25.0. The molecule has 4 heterocycles. The average Bonchev–Trinajstić information content (AvgIpc) is 3.67. The van der Waals surface area contributed by atoms with Gasteiger partial charge in [0, 0.05) is 39.2 Å². The number of rotatable bonds is 5. The first-order valence-corrected chi connectivity index (χ1v) is 15.2. The van der Waals surface area contributed by atoms with Crippen LogP contribution in [0.4, 0.5) is 17.6 Å². The monoisotopic (exact) mass is 645 g/mol. The average molecular weight is 646 g/mol. The van der Waals surface area contributed by atoms with Crippen LogP contribution in [0.25, 0.3) is 43.6 Å². The van der Waals surface area contributed by atoms with Crippen molar-refractivity contribution in [2.24, 2.45) is 11.8 Å². The standard InChI is InChI=1S/C35H27F4N3O5/c1-14-15(2)32(46-13-16-6-4-3-5-7-16)35(47-25(14)12-43)42-24-11-22(39)20(37)9-18(24)27-29-28(33(44)41-34(29)45)26-17-8-19(36)21(38)10-23(17)40-30(26)31(27)42/h3-11,14-15,25,32,35,40,43H,12-13H2,1-2H3,(H,41,44,45). The van der Waals surface area contributed by atoms with Crippen molar-refractivity contribution in [3.63, 3.8) is 0 Å². The van der Waals surface area contributed by atoms with E-state index in [-0.39, 0.29) is 79.8 Å². The van der Waals surface area contributed by atoms with E-state index in [1.807, 2.05) is 44.2 Å². The van der Waals surface area contributed by atoms with Crippen LogP contribution in [0.5, 0.6) is 0 Å². The van der Waals surface area contributed by atoms with Gasteiger partial charge in [0.1, 0.15) is 6.10 Å². The number of ether oxygens (including phenoxy) is 2. The molecule has 8 nitrogen and oxygen atoms in total. The second kappa shape index (κ2) is 10.6. The fraction of sp³-hybridized carbons (Fsp3) is 0.257. The summed E-state index contributed by atoms with van der Waals surface area (Å²) in [6, 6.07) is 13.2. The summed E-state index contributed by atoms with van der Waals surface area (Å²) in [5, 5.41) is 13.1. The molecule has 2 aliphatic rings. The minimum atomic E-state index is -1.19. The maximum Gasteiger partial charge on any atom is 0.259 e. The van der Waals surface area contributed by atoms with Gasteiger partial charge in [-0.1, -0.05) is 44.2 Å². The summed E-state index contributed by atoms with van der Waals surface area (Å²) < 4.78 is 73.9. The minimum absolute atomic E-state index is 0.102. The van der Waals surface area contributed by atoms with E-state index in [1.54, 1.807) is 4.57 Å². The van der Waals surface area contributed by atoms with Crippen LogP contribution in [0.2, 0.25) is 0 Å². The zero-order chi connectivity index (χ0) is 32.9. The molecule has 6 aromatic rings. The van der Waals surface area contributed by atoms with Gasteiger partial charge in [0.2, 0.25) is 0 Å². The Morgan fingerprint density at radius 3 is 2.19 bits per heavy atom. The molecule has 5 unspecified atom stereocenters. The number of carbonyl (C=O) groups is 2. The van der Waals surface area contributed by atoms with Crippen molar-refractivity contribution in [2.75, 3.05) is 6.61 Å². The van der Waals surface area contributed by atoms with Crippen molar-refractivity contribution in [3.05, 3.63) is 94.6 Å². The summed E-state index contributed by atoms with van der Waals surface area (Å²) in [6.45, 7) is 3.70. The molecule has 2 amide bonds. The normalized spacial score (nSPS) is 23.0. The SMILES string of the molecule is CC1C(CO)OC(n2c3cc(F)c(F)cc3c3c4c(c5c6cc(F)c(F)cc6[nH]c5c32)C(=O)NC4=O)C(OCc2ccccc2)C1C. The molecule has 5 atom stereocenters. The first-order chi connectivity index (χ1) is 22.6. The number of halogens is 4. The molecular weight excluding hydrogens is 618 g/mol. The lowest BCUT2D eigenvalue weighted by Gasteiger charge is -2.45. The van der Waals surface area contributed by atoms with Gasteiger partial charge in [0.05, 0.1) is 47.0 Å². The Morgan fingerprint density at radius 2 is 1.49 bits per heavy atom. The Hall–Kier alpha value is -4.78. The predicted molar refractivity (Wildman–Crippen MR) is 165 cm³/mol. The molecule has 8 rings (SSSR count). The Bertz CT molecular complexity index is 2300. The van der Waals surface area contributed by atoms with Gasteiger partial charge in [-0.2, -0.15) is 0 Å². The van der Waals surface area contributed by atoms with Crippen LogP contribution >= 0.6 is 0 Å². The Labute approximate surface area is 263 Å². The molecule has 2 aromatic heterocycles. The fourth-order valence-electron chi connectivity index (χ4n) is 7.32. The number of H-pyrrole nitrogens is 1. The van der Waals surface area contributed by atoms with Crippen LogP contribution in [-0.4, -0.2) is 45.3 Å². The van der Waals surface area contributed by atoms with Gasteiger partial charge >= 0.3 is 0 Å². The maximum atomic E-state index is 15.1. The summed E-state index contributed by atoms with van der Waals surface area (Å²) in [4.78, 5) is 29.9. The van der Waals surface area contributed by atoms with Crippen molar-refractivity contribution in [3.8, 4) is 0 Å².